The Labute approximate surface area is 146 Å². The molecular formula is C19H23F2N3O. The van der Waals surface area contributed by atoms with Crippen LogP contribution < -0.4 is 10.2 Å². The molecule has 1 fully saturated rings. The van der Waals surface area contributed by atoms with E-state index in [1.807, 2.05) is 44.3 Å². The Bertz CT molecular complexity index is 756. The van der Waals surface area contributed by atoms with E-state index in [1.54, 1.807) is 6.20 Å². The van der Waals surface area contributed by atoms with Crippen molar-refractivity contribution in [2.24, 2.45) is 0 Å². The van der Waals surface area contributed by atoms with E-state index < -0.39 is 11.5 Å². The molecule has 0 spiro atoms. The van der Waals surface area contributed by atoms with Gasteiger partial charge in [0.05, 0.1) is 5.70 Å². The Morgan fingerprint density at radius 2 is 2.12 bits per heavy atom. The average molecular weight is 347 g/mol. The van der Waals surface area contributed by atoms with Crippen molar-refractivity contribution in [3.8, 4) is 5.88 Å². The van der Waals surface area contributed by atoms with Crippen molar-refractivity contribution in [1.82, 2.24) is 15.4 Å². The number of nitrogens with zero attached hydrogens (tertiary/aromatic N) is 2. The zero-order chi connectivity index (χ0) is 18.2. The van der Waals surface area contributed by atoms with Gasteiger partial charge in [-0.25, -0.2) is 19.2 Å². The number of hydrogen-bond acceptors (Lipinski definition) is 4. The normalized spacial score (nSPS) is 25.5. The molecule has 3 rings (SSSR count). The summed E-state index contributed by atoms with van der Waals surface area (Å²) >= 11 is 0. The van der Waals surface area contributed by atoms with E-state index in [0.29, 0.717) is 5.56 Å². The molecule has 2 heterocycles. The smallest absolute Gasteiger partial charge is 0.250 e. The molecular weight excluding hydrogens is 324 g/mol. The standard InChI is InChI=1S/C19H23F2N3O/c1-12(2)17-8-13(5-6-24(17)22-4)14-7-16(20)18(23-11-14)25-15-9-19(3,21)10-15/h5-8,11,15,22H,9-10H2,1-4H3. The molecule has 134 valence electrons. The van der Waals surface area contributed by atoms with E-state index in [2.05, 4.69) is 10.4 Å². The first-order valence-corrected chi connectivity index (χ1v) is 8.34. The molecule has 1 aromatic rings. The van der Waals surface area contributed by atoms with Crippen LogP contribution in [0.1, 0.15) is 39.2 Å². The summed E-state index contributed by atoms with van der Waals surface area (Å²) in [5.74, 6) is -0.599. The number of rotatable bonds is 4. The molecule has 1 saturated carbocycles. The first-order chi connectivity index (χ1) is 11.8. The summed E-state index contributed by atoms with van der Waals surface area (Å²) in [4.78, 5) is 4.09. The molecule has 25 heavy (non-hydrogen) atoms. The first kappa shape index (κ1) is 17.6. The van der Waals surface area contributed by atoms with Gasteiger partial charge in [-0.1, -0.05) is 5.57 Å². The Balaban J connectivity index is 1.79. The Hall–Kier alpha value is -2.21. The SMILES string of the molecule is CNN1C=CC(c2cnc(OC3CC(C)(F)C3)c(F)c2)=CC1=C(C)C. The van der Waals surface area contributed by atoms with Gasteiger partial charge in [-0.3, -0.25) is 5.01 Å². The van der Waals surface area contributed by atoms with Gasteiger partial charge in [0.15, 0.2) is 5.82 Å². The summed E-state index contributed by atoms with van der Waals surface area (Å²) < 4.78 is 33.3. The zero-order valence-corrected chi connectivity index (χ0v) is 14.9. The van der Waals surface area contributed by atoms with Gasteiger partial charge < -0.3 is 4.74 Å². The van der Waals surface area contributed by atoms with Crippen LogP contribution in [-0.4, -0.2) is 28.8 Å². The first-order valence-electron chi connectivity index (χ1n) is 8.34. The molecule has 0 atom stereocenters. The zero-order valence-electron chi connectivity index (χ0n) is 14.9. The summed E-state index contributed by atoms with van der Waals surface area (Å²) in [6.45, 7) is 5.55. The van der Waals surface area contributed by atoms with Crippen LogP contribution in [0.2, 0.25) is 0 Å². The Morgan fingerprint density at radius 3 is 2.68 bits per heavy atom. The van der Waals surface area contributed by atoms with Gasteiger partial charge in [0, 0.05) is 37.8 Å². The van der Waals surface area contributed by atoms with Crippen molar-refractivity contribution >= 4 is 5.57 Å². The highest BCUT2D eigenvalue weighted by atomic mass is 19.1. The molecule has 0 unspecified atom stereocenters. The van der Waals surface area contributed by atoms with E-state index in [1.165, 1.54) is 13.0 Å². The average Bonchev–Trinajstić information content (AvgIpc) is 2.54. The number of hydrazine groups is 1. The van der Waals surface area contributed by atoms with Crippen molar-refractivity contribution in [2.75, 3.05) is 7.05 Å². The van der Waals surface area contributed by atoms with Crippen LogP contribution in [0.3, 0.4) is 0 Å². The van der Waals surface area contributed by atoms with Crippen LogP contribution in [0, 0.1) is 5.82 Å². The molecule has 0 amide bonds. The van der Waals surface area contributed by atoms with E-state index >= 15 is 0 Å². The lowest BCUT2D eigenvalue weighted by Gasteiger charge is -2.38. The minimum atomic E-state index is -1.21. The maximum atomic E-state index is 14.3. The van der Waals surface area contributed by atoms with E-state index in [9.17, 15) is 8.78 Å². The molecule has 4 nitrogen and oxygen atoms in total. The van der Waals surface area contributed by atoms with Gasteiger partial charge in [-0.2, -0.15) is 0 Å². The fourth-order valence-electron chi connectivity index (χ4n) is 3.06. The summed E-state index contributed by atoms with van der Waals surface area (Å²) in [5, 5.41) is 1.89. The van der Waals surface area contributed by atoms with Crippen LogP contribution in [0.5, 0.6) is 5.88 Å². The van der Waals surface area contributed by atoms with Crippen molar-refractivity contribution in [3.05, 3.63) is 53.3 Å². The van der Waals surface area contributed by atoms with E-state index in [-0.39, 0.29) is 24.8 Å². The maximum Gasteiger partial charge on any atom is 0.250 e. The fourth-order valence-corrected chi connectivity index (χ4v) is 3.06. The van der Waals surface area contributed by atoms with Crippen molar-refractivity contribution in [2.45, 2.75) is 45.4 Å². The highest BCUT2D eigenvalue weighted by molar-refractivity contribution is 5.77. The summed E-state index contributed by atoms with van der Waals surface area (Å²) in [7, 11) is 1.84. The molecule has 2 aliphatic rings. The monoisotopic (exact) mass is 347 g/mol. The van der Waals surface area contributed by atoms with Crippen LogP contribution in [0.4, 0.5) is 8.78 Å². The molecule has 0 radical (unpaired) electrons. The molecule has 1 aliphatic carbocycles. The third kappa shape index (κ3) is 3.74. The van der Waals surface area contributed by atoms with Crippen LogP contribution in [0.25, 0.3) is 5.57 Å². The summed E-state index contributed by atoms with van der Waals surface area (Å²) in [6.07, 6.45) is 7.57. The molecule has 1 aliphatic heterocycles. The second-order valence-corrected chi connectivity index (χ2v) is 6.97. The van der Waals surface area contributed by atoms with Gasteiger partial charge in [-0.15, -0.1) is 0 Å². The number of allylic oxidation sites excluding steroid dienone is 4. The van der Waals surface area contributed by atoms with Crippen LogP contribution in [0.15, 0.2) is 41.9 Å². The van der Waals surface area contributed by atoms with Gasteiger partial charge in [0.2, 0.25) is 0 Å². The number of ether oxygens (including phenoxy) is 1. The number of pyridine rings is 1. The van der Waals surface area contributed by atoms with Crippen molar-refractivity contribution in [1.29, 1.82) is 0 Å². The van der Waals surface area contributed by atoms with Crippen molar-refractivity contribution < 1.29 is 13.5 Å². The minimum absolute atomic E-state index is 0.0658. The van der Waals surface area contributed by atoms with E-state index in [0.717, 1.165) is 16.8 Å². The van der Waals surface area contributed by atoms with Crippen molar-refractivity contribution in [3.63, 3.8) is 0 Å². The molecule has 1 N–H and O–H groups in total. The molecule has 0 saturated heterocycles. The second kappa shape index (κ2) is 6.59. The number of halogens is 2. The predicted octanol–water partition coefficient (Wildman–Crippen LogP) is 4.13. The third-order valence-corrected chi connectivity index (χ3v) is 4.43. The predicted molar refractivity (Wildman–Crippen MR) is 93.7 cm³/mol. The number of alkyl halides is 1. The largest absolute Gasteiger partial charge is 0.472 e. The molecule has 6 heteroatoms. The maximum absolute atomic E-state index is 14.3. The minimum Gasteiger partial charge on any atom is -0.472 e. The van der Waals surface area contributed by atoms with Crippen LogP contribution >= 0.6 is 0 Å². The van der Waals surface area contributed by atoms with Gasteiger partial charge in [0.1, 0.15) is 11.8 Å². The third-order valence-electron chi connectivity index (χ3n) is 4.43. The molecule has 0 aromatic carbocycles. The lowest BCUT2D eigenvalue weighted by Crippen LogP contribution is -2.44. The molecule has 1 aromatic heterocycles. The highest BCUT2D eigenvalue weighted by Gasteiger charge is 2.42. The highest BCUT2D eigenvalue weighted by Crippen LogP contribution is 2.38. The van der Waals surface area contributed by atoms with Gasteiger partial charge in [-0.05, 0) is 44.6 Å². The summed E-state index contributed by atoms with van der Waals surface area (Å²) in [6, 6.07) is 1.41. The lowest BCUT2D eigenvalue weighted by molar-refractivity contribution is -0.0328. The Morgan fingerprint density at radius 1 is 1.40 bits per heavy atom. The Kier molecular flexibility index (Phi) is 4.64. The quantitative estimate of drug-likeness (QED) is 0.889. The number of nitrogens with one attached hydrogen (secondary N) is 1. The summed E-state index contributed by atoms with van der Waals surface area (Å²) in [5.41, 5.74) is 5.52. The topological polar surface area (TPSA) is 37.4 Å². The fraction of sp³-hybridized carbons (Fsp3) is 0.421. The lowest BCUT2D eigenvalue weighted by atomic mass is 9.81. The molecule has 0 bridgehead atoms. The number of hydrogen-bond donors (Lipinski definition) is 1. The van der Waals surface area contributed by atoms with E-state index in [4.69, 9.17) is 4.74 Å². The van der Waals surface area contributed by atoms with Crippen LogP contribution in [-0.2, 0) is 0 Å². The van der Waals surface area contributed by atoms with Gasteiger partial charge >= 0.3 is 0 Å². The number of aromatic nitrogens is 1. The second-order valence-electron chi connectivity index (χ2n) is 6.97. The van der Waals surface area contributed by atoms with Gasteiger partial charge in [0.25, 0.3) is 5.88 Å².